The molecular weight excluding hydrogens is 190 g/mol. The number of likely N-dealkylation sites (tertiary alicyclic amines) is 1. The molecule has 0 spiro atoms. The minimum absolute atomic E-state index is 0.340. The van der Waals surface area contributed by atoms with E-state index in [1.54, 1.807) is 6.33 Å². The molecule has 1 aliphatic rings. The van der Waals surface area contributed by atoms with Gasteiger partial charge in [0.2, 0.25) is 0 Å². The standard InChI is InChI=1S/C10H19N5/c1-2-4-15-10(12-8-13-15)7-14-5-3-9(11)6-14/h8-9H,2-7,11H2,1H3/t9-/m0/s1. The summed E-state index contributed by atoms with van der Waals surface area (Å²) >= 11 is 0. The minimum Gasteiger partial charge on any atom is -0.326 e. The predicted octanol–water partition coefficient (Wildman–Crippen LogP) is 0.221. The summed E-state index contributed by atoms with van der Waals surface area (Å²) in [6.45, 7) is 6.05. The van der Waals surface area contributed by atoms with E-state index in [1.807, 2.05) is 4.68 Å². The maximum absolute atomic E-state index is 5.87. The monoisotopic (exact) mass is 209 g/mol. The first kappa shape index (κ1) is 10.6. The number of hydrogen-bond acceptors (Lipinski definition) is 4. The summed E-state index contributed by atoms with van der Waals surface area (Å²) in [5.41, 5.74) is 5.87. The van der Waals surface area contributed by atoms with Crippen LogP contribution in [0.5, 0.6) is 0 Å². The Labute approximate surface area is 90.3 Å². The van der Waals surface area contributed by atoms with Crippen LogP contribution in [0.25, 0.3) is 0 Å². The Bertz CT molecular complexity index is 309. The first-order chi connectivity index (χ1) is 7.29. The van der Waals surface area contributed by atoms with Crippen molar-refractivity contribution in [2.24, 2.45) is 5.73 Å². The van der Waals surface area contributed by atoms with Crippen LogP contribution in [0.1, 0.15) is 25.6 Å². The molecule has 2 rings (SSSR count). The van der Waals surface area contributed by atoms with E-state index < -0.39 is 0 Å². The number of nitrogens with zero attached hydrogens (tertiary/aromatic N) is 4. The zero-order valence-corrected chi connectivity index (χ0v) is 9.26. The smallest absolute Gasteiger partial charge is 0.141 e. The molecule has 5 nitrogen and oxygen atoms in total. The van der Waals surface area contributed by atoms with Crippen molar-refractivity contribution in [1.82, 2.24) is 19.7 Å². The predicted molar refractivity (Wildman–Crippen MR) is 58.2 cm³/mol. The van der Waals surface area contributed by atoms with Crippen LogP contribution in [0.2, 0.25) is 0 Å². The molecule has 0 aliphatic carbocycles. The molecule has 0 radical (unpaired) electrons. The van der Waals surface area contributed by atoms with Crippen molar-refractivity contribution in [3.8, 4) is 0 Å². The average molecular weight is 209 g/mol. The lowest BCUT2D eigenvalue weighted by molar-refractivity contribution is 0.309. The van der Waals surface area contributed by atoms with Crippen molar-refractivity contribution in [2.75, 3.05) is 13.1 Å². The molecule has 0 saturated carbocycles. The van der Waals surface area contributed by atoms with Gasteiger partial charge in [0.15, 0.2) is 0 Å². The number of nitrogens with two attached hydrogens (primary N) is 1. The molecule has 0 unspecified atom stereocenters. The fourth-order valence-electron chi connectivity index (χ4n) is 2.02. The molecule has 15 heavy (non-hydrogen) atoms. The van der Waals surface area contributed by atoms with Gasteiger partial charge in [-0.25, -0.2) is 9.67 Å². The van der Waals surface area contributed by atoms with Gasteiger partial charge in [0.1, 0.15) is 12.2 Å². The summed E-state index contributed by atoms with van der Waals surface area (Å²) < 4.78 is 1.99. The molecule has 2 N–H and O–H groups in total. The Morgan fingerprint density at radius 1 is 1.60 bits per heavy atom. The molecule has 2 heterocycles. The van der Waals surface area contributed by atoms with E-state index in [1.165, 1.54) is 0 Å². The summed E-state index contributed by atoms with van der Waals surface area (Å²) in [6, 6.07) is 0.340. The topological polar surface area (TPSA) is 60.0 Å². The van der Waals surface area contributed by atoms with Gasteiger partial charge in [0.05, 0.1) is 6.54 Å². The molecule has 0 amide bonds. The lowest BCUT2D eigenvalue weighted by Gasteiger charge is -2.14. The van der Waals surface area contributed by atoms with Gasteiger partial charge < -0.3 is 5.73 Å². The summed E-state index contributed by atoms with van der Waals surface area (Å²) in [7, 11) is 0. The van der Waals surface area contributed by atoms with E-state index in [0.29, 0.717) is 6.04 Å². The van der Waals surface area contributed by atoms with Crippen molar-refractivity contribution in [1.29, 1.82) is 0 Å². The van der Waals surface area contributed by atoms with Gasteiger partial charge in [-0.1, -0.05) is 6.92 Å². The highest BCUT2D eigenvalue weighted by atomic mass is 15.3. The summed E-state index contributed by atoms with van der Waals surface area (Å²) in [5, 5.41) is 4.21. The zero-order valence-electron chi connectivity index (χ0n) is 9.26. The second-order valence-corrected chi connectivity index (χ2v) is 4.18. The van der Waals surface area contributed by atoms with E-state index >= 15 is 0 Å². The van der Waals surface area contributed by atoms with Crippen molar-refractivity contribution in [3.05, 3.63) is 12.2 Å². The van der Waals surface area contributed by atoms with Gasteiger partial charge in [-0.2, -0.15) is 5.10 Å². The van der Waals surface area contributed by atoms with Gasteiger partial charge in [0, 0.05) is 25.7 Å². The molecule has 1 atom stereocenters. The first-order valence-electron chi connectivity index (χ1n) is 5.64. The number of aryl methyl sites for hydroxylation is 1. The van der Waals surface area contributed by atoms with Crippen molar-refractivity contribution in [2.45, 2.75) is 38.9 Å². The lowest BCUT2D eigenvalue weighted by atomic mass is 10.3. The molecular formula is C10H19N5. The van der Waals surface area contributed by atoms with E-state index in [2.05, 4.69) is 21.9 Å². The molecule has 1 aromatic heterocycles. The third-order valence-electron chi connectivity index (χ3n) is 2.80. The number of aromatic nitrogens is 3. The average Bonchev–Trinajstić information content (AvgIpc) is 2.78. The van der Waals surface area contributed by atoms with Gasteiger partial charge in [-0.3, -0.25) is 4.90 Å². The molecule has 1 fully saturated rings. The van der Waals surface area contributed by atoms with Gasteiger partial charge in [0.25, 0.3) is 0 Å². The quantitative estimate of drug-likeness (QED) is 0.770. The fourth-order valence-corrected chi connectivity index (χ4v) is 2.02. The van der Waals surface area contributed by atoms with E-state index in [9.17, 15) is 0 Å². The third-order valence-corrected chi connectivity index (χ3v) is 2.80. The molecule has 0 aromatic carbocycles. The van der Waals surface area contributed by atoms with Crippen LogP contribution in [0.15, 0.2) is 6.33 Å². The molecule has 0 bridgehead atoms. The van der Waals surface area contributed by atoms with Crippen molar-refractivity contribution < 1.29 is 0 Å². The SMILES string of the molecule is CCCn1ncnc1CN1CC[C@H](N)C1. The van der Waals surface area contributed by atoms with Crippen LogP contribution >= 0.6 is 0 Å². The van der Waals surface area contributed by atoms with Crippen molar-refractivity contribution in [3.63, 3.8) is 0 Å². The molecule has 1 aliphatic heterocycles. The van der Waals surface area contributed by atoms with E-state index in [-0.39, 0.29) is 0 Å². The maximum atomic E-state index is 5.87. The highest BCUT2D eigenvalue weighted by molar-refractivity contribution is 4.88. The lowest BCUT2D eigenvalue weighted by Crippen LogP contribution is -2.27. The third kappa shape index (κ3) is 2.54. The molecule has 1 aromatic rings. The summed E-state index contributed by atoms with van der Waals surface area (Å²) in [5.74, 6) is 1.06. The molecule has 84 valence electrons. The second kappa shape index (κ2) is 4.72. The first-order valence-corrected chi connectivity index (χ1v) is 5.64. The van der Waals surface area contributed by atoms with E-state index in [0.717, 1.165) is 44.8 Å². The maximum Gasteiger partial charge on any atom is 0.141 e. The Hall–Kier alpha value is -0.940. The highest BCUT2D eigenvalue weighted by Crippen LogP contribution is 2.10. The summed E-state index contributed by atoms with van der Waals surface area (Å²) in [4.78, 5) is 6.64. The highest BCUT2D eigenvalue weighted by Gasteiger charge is 2.20. The van der Waals surface area contributed by atoms with Crippen LogP contribution in [0.3, 0.4) is 0 Å². The van der Waals surface area contributed by atoms with Crippen LogP contribution in [-0.4, -0.2) is 38.8 Å². The number of rotatable bonds is 4. The van der Waals surface area contributed by atoms with Gasteiger partial charge in [-0.05, 0) is 12.8 Å². The van der Waals surface area contributed by atoms with Crippen LogP contribution in [0, 0.1) is 0 Å². The van der Waals surface area contributed by atoms with Crippen molar-refractivity contribution >= 4 is 0 Å². The van der Waals surface area contributed by atoms with Crippen LogP contribution in [-0.2, 0) is 13.1 Å². The fraction of sp³-hybridized carbons (Fsp3) is 0.800. The van der Waals surface area contributed by atoms with Gasteiger partial charge in [-0.15, -0.1) is 0 Å². The zero-order chi connectivity index (χ0) is 10.7. The summed E-state index contributed by atoms with van der Waals surface area (Å²) in [6.07, 6.45) is 3.83. The second-order valence-electron chi connectivity index (χ2n) is 4.18. The van der Waals surface area contributed by atoms with E-state index in [4.69, 9.17) is 5.73 Å². The Kier molecular flexibility index (Phi) is 3.33. The largest absolute Gasteiger partial charge is 0.326 e. The van der Waals surface area contributed by atoms with Gasteiger partial charge >= 0.3 is 0 Å². The minimum atomic E-state index is 0.340. The Morgan fingerprint density at radius 2 is 2.47 bits per heavy atom. The molecule has 5 heteroatoms. The van der Waals surface area contributed by atoms with Crippen LogP contribution < -0.4 is 5.73 Å². The Morgan fingerprint density at radius 3 is 3.13 bits per heavy atom. The number of hydrogen-bond donors (Lipinski definition) is 1. The normalized spacial score (nSPS) is 22.4. The molecule has 1 saturated heterocycles. The Balaban J connectivity index is 1.95. The van der Waals surface area contributed by atoms with Crippen LogP contribution in [0.4, 0.5) is 0 Å².